The van der Waals surface area contributed by atoms with Crippen molar-refractivity contribution in [3.05, 3.63) is 71.5 Å². The minimum atomic E-state index is -0.242. The lowest BCUT2D eigenvalue weighted by Crippen LogP contribution is -2.35. The SMILES string of the molecule is Cn1nnnc1Cc1ccc(N2CCCN(C(=O)OCc3ccccc3)CC2)cc1. The van der Waals surface area contributed by atoms with Crippen LogP contribution in [0.1, 0.15) is 23.4 Å². The van der Waals surface area contributed by atoms with Crippen molar-refractivity contribution in [2.45, 2.75) is 19.4 Å². The van der Waals surface area contributed by atoms with Crippen LogP contribution in [-0.4, -0.2) is 57.4 Å². The summed E-state index contributed by atoms with van der Waals surface area (Å²) >= 11 is 0. The van der Waals surface area contributed by atoms with Crippen LogP contribution in [0.2, 0.25) is 0 Å². The van der Waals surface area contributed by atoms with Crippen LogP contribution in [0.3, 0.4) is 0 Å². The van der Waals surface area contributed by atoms with Gasteiger partial charge in [-0.05, 0) is 40.1 Å². The smallest absolute Gasteiger partial charge is 0.410 e. The number of carbonyl (C=O) groups excluding carboxylic acids is 1. The van der Waals surface area contributed by atoms with E-state index in [0.29, 0.717) is 26.1 Å². The van der Waals surface area contributed by atoms with E-state index in [0.717, 1.165) is 42.1 Å². The van der Waals surface area contributed by atoms with Crippen molar-refractivity contribution in [1.29, 1.82) is 0 Å². The van der Waals surface area contributed by atoms with Gasteiger partial charge in [-0.1, -0.05) is 42.5 Å². The number of hydrogen-bond donors (Lipinski definition) is 0. The first-order valence-electron chi connectivity index (χ1n) is 10.2. The van der Waals surface area contributed by atoms with Gasteiger partial charge in [-0.2, -0.15) is 0 Å². The van der Waals surface area contributed by atoms with Crippen LogP contribution in [0.4, 0.5) is 10.5 Å². The summed E-state index contributed by atoms with van der Waals surface area (Å²) in [5.41, 5.74) is 3.33. The van der Waals surface area contributed by atoms with Crippen molar-refractivity contribution in [2.24, 2.45) is 7.05 Å². The van der Waals surface area contributed by atoms with Gasteiger partial charge in [-0.3, -0.25) is 0 Å². The fourth-order valence-corrected chi connectivity index (χ4v) is 3.57. The maximum Gasteiger partial charge on any atom is 0.410 e. The summed E-state index contributed by atoms with van der Waals surface area (Å²) in [4.78, 5) is 16.6. The number of amides is 1. The molecule has 0 bridgehead atoms. The van der Waals surface area contributed by atoms with Crippen molar-refractivity contribution < 1.29 is 9.53 Å². The maximum absolute atomic E-state index is 12.5. The van der Waals surface area contributed by atoms with E-state index in [9.17, 15) is 4.79 Å². The number of aryl methyl sites for hydroxylation is 1. The van der Waals surface area contributed by atoms with Gasteiger partial charge in [0.25, 0.3) is 0 Å². The lowest BCUT2D eigenvalue weighted by atomic mass is 10.1. The number of nitrogens with zero attached hydrogens (tertiary/aromatic N) is 6. The molecule has 1 saturated heterocycles. The first-order chi connectivity index (χ1) is 14.7. The third-order valence-corrected chi connectivity index (χ3v) is 5.33. The summed E-state index contributed by atoms with van der Waals surface area (Å²) in [5, 5.41) is 11.6. The summed E-state index contributed by atoms with van der Waals surface area (Å²) in [7, 11) is 1.84. The Bertz CT molecular complexity index is 957. The number of rotatable bonds is 5. The Morgan fingerprint density at radius 1 is 0.967 bits per heavy atom. The molecule has 0 saturated carbocycles. The second-order valence-corrected chi connectivity index (χ2v) is 7.43. The summed E-state index contributed by atoms with van der Waals surface area (Å²) in [5.74, 6) is 0.835. The Balaban J connectivity index is 1.30. The average molecular weight is 406 g/mol. The minimum absolute atomic E-state index is 0.242. The molecule has 156 valence electrons. The van der Waals surface area contributed by atoms with Gasteiger partial charge in [-0.15, -0.1) is 5.10 Å². The van der Waals surface area contributed by atoms with Crippen molar-refractivity contribution >= 4 is 11.8 Å². The Kier molecular flexibility index (Phi) is 6.22. The number of tetrazole rings is 1. The Hall–Kier alpha value is -3.42. The van der Waals surface area contributed by atoms with E-state index in [1.807, 2.05) is 37.4 Å². The van der Waals surface area contributed by atoms with E-state index >= 15 is 0 Å². The highest BCUT2D eigenvalue weighted by atomic mass is 16.6. The molecule has 2 aromatic carbocycles. The van der Waals surface area contributed by atoms with Gasteiger partial charge in [-0.25, -0.2) is 9.48 Å². The molecular formula is C22H26N6O2. The molecule has 0 unspecified atom stereocenters. The van der Waals surface area contributed by atoms with E-state index in [2.05, 4.69) is 44.7 Å². The highest BCUT2D eigenvalue weighted by molar-refractivity contribution is 5.67. The van der Waals surface area contributed by atoms with Crippen LogP contribution < -0.4 is 4.90 Å². The van der Waals surface area contributed by atoms with Crippen LogP contribution in [0.15, 0.2) is 54.6 Å². The van der Waals surface area contributed by atoms with Crippen LogP contribution in [-0.2, 0) is 24.8 Å². The Labute approximate surface area is 176 Å². The normalized spacial score (nSPS) is 14.4. The molecule has 4 rings (SSSR count). The molecule has 1 amide bonds. The monoisotopic (exact) mass is 406 g/mol. The molecule has 1 aliphatic heterocycles. The second-order valence-electron chi connectivity index (χ2n) is 7.43. The van der Waals surface area contributed by atoms with Crippen LogP contribution in [0.5, 0.6) is 0 Å². The third kappa shape index (κ3) is 4.94. The predicted molar refractivity (Wildman–Crippen MR) is 113 cm³/mol. The van der Waals surface area contributed by atoms with Crippen LogP contribution in [0, 0.1) is 0 Å². The van der Waals surface area contributed by atoms with Gasteiger partial charge < -0.3 is 14.5 Å². The van der Waals surface area contributed by atoms with Gasteiger partial charge in [0.1, 0.15) is 6.61 Å². The molecule has 30 heavy (non-hydrogen) atoms. The van der Waals surface area contributed by atoms with Gasteiger partial charge in [0.05, 0.1) is 0 Å². The number of benzene rings is 2. The molecule has 8 heteroatoms. The van der Waals surface area contributed by atoms with E-state index in [1.165, 1.54) is 0 Å². The summed E-state index contributed by atoms with van der Waals surface area (Å²) in [6.07, 6.45) is 1.37. The lowest BCUT2D eigenvalue weighted by molar-refractivity contribution is 0.0986. The summed E-state index contributed by atoms with van der Waals surface area (Å²) in [6.45, 7) is 3.37. The van der Waals surface area contributed by atoms with Crippen LogP contribution in [0.25, 0.3) is 0 Å². The number of aromatic nitrogens is 4. The molecule has 0 spiro atoms. The Morgan fingerprint density at radius 2 is 1.77 bits per heavy atom. The molecule has 1 aromatic heterocycles. The number of carbonyl (C=O) groups is 1. The fraction of sp³-hybridized carbons (Fsp3) is 0.364. The Morgan fingerprint density at radius 3 is 2.50 bits per heavy atom. The maximum atomic E-state index is 12.5. The van der Waals surface area contributed by atoms with Crippen molar-refractivity contribution in [3.8, 4) is 0 Å². The molecule has 0 N–H and O–H groups in total. The summed E-state index contributed by atoms with van der Waals surface area (Å²) < 4.78 is 7.18. The third-order valence-electron chi connectivity index (χ3n) is 5.33. The van der Waals surface area contributed by atoms with Gasteiger partial charge in [0, 0.05) is 45.3 Å². The lowest BCUT2D eigenvalue weighted by Gasteiger charge is -2.23. The van der Waals surface area contributed by atoms with E-state index in [1.54, 1.807) is 9.58 Å². The van der Waals surface area contributed by atoms with E-state index < -0.39 is 0 Å². The number of hydrogen-bond acceptors (Lipinski definition) is 6. The topological polar surface area (TPSA) is 76.4 Å². The second kappa shape index (κ2) is 9.39. The van der Waals surface area contributed by atoms with Crippen molar-refractivity contribution in [1.82, 2.24) is 25.1 Å². The zero-order chi connectivity index (χ0) is 20.8. The molecular weight excluding hydrogens is 380 g/mol. The molecule has 0 radical (unpaired) electrons. The van der Waals surface area contributed by atoms with E-state index in [-0.39, 0.29) is 6.09 Å². The van der Waals surface area contributed by atoms with Gasteiger partial charge in [0.15, 0.2) is 5.82 Å². The number of anilines is 1. The van der Waals surface area contributed by atoms with Gasteiger partial charge in [0.2, 0.25) is 0 Å². The molecule has 2 heterocycles. The van der Waals surface area contributed by atoms with Crippen molar-refractivity contribution in [2.75, 3.05) is 31.1 Å². The number of ether oxygens (including phenoxy) is 1. The zero-order valence-corrected chi connectivity index (χ0v) is 17.1. The van der Waals surface area contributed by atoms with Gasteiger partial charge >= 0.3 is 6.09 Å². The molecule has 1 aliphatic rings. The molecule has 0 atom stereocenters. The largest absolute Gasteiger partial charge is 0.445 e. The van der Waals surface area contributed by atoms with Crippen molar-refractivity contribution in [3.63, 3.8) is 0 Å². The predicted octanol–water partition coefficient (Wildman–Crippen LogP) is 2.65. The zero-order valence-electron chi connectivity index (χ0n) is 17.1. The molecule has 1 fully saturated rings. The molecule has 3 aromatic rings. The first kappa shape index (κ1) is 19.9. The molecule has 0 aliphatic carbocycles. The standard InChI is InChI=1S/C22H26N6O2/c1-26-21(23-24-25-26)16-18-8-10-20(11-9-18)27-12-5-13-28(15-14-27)22(29)30-17-19-6-3-2-4-7-19/h2-4,6-11H,5,12-17H2,1H3. The van der Waals surface area contributed by atoms with Crippen LogP contribution >= 0.6 is 0 Å². The fourth-order valence-electron chi connectivity index (χ4n) is 3.57. The molecule has 8 nitrogen and oxygen atoms in total. The summed E-state index contributed by atoms with van der Waals surface area (Å²) in [6, 6.07) is 18.2. The highest BCUT2D eigenvalue weighted by Crippen LogP contribution is 2.19. The minimum Gasteiger partial charge on any atom is -0.445 e. The average Bonchev–Trinajstić information content (AvgIpc) is 3.02. The highest BCUT2D eigenvalue weighted by Gasteiger charge is 2.20. The van der Waals surface area contributed by atoms with E-state index in [4.69, 9.17) is 4.74 Å². The first-order valence-corrected chi connectivity index (χ1v) is 10.2. The quantitative estimate of drug-likeness (QED) is 0.648.